The Kier molecular flexibility index (Phi) is 3.22. The molecule has 0 unspecified atom stereocenters. The summed E-state index contributed by atoms with van der Waals surface area (Å²) in [6.07, 6.45) is 4.50. The number of ether oxygens (including phenoxy) is 2. The SMILES string of the molecule is COc1cnc(C(=O)c2cn(C)cn2)c(OC)n1. The predicted octanol–water partition coefficient (Wildman–Crippen LogP) is 0.458. The van der Waals surface area contributed by atoms with Crippen LogP contribution in [0, 0.1) is 0 Å². The van der Waals surface area contributed by atoms with Gasteiger partial charge in [0.15, 0.2) is 5.69 Å². The molecule has 0 radical (unpaired) electrons. The molecule has 0 aliphatic heterocycles. The smallest absolute Gasteiger partial charge is 0.247 e. The normalized spacial score (nSPS) is 10.2. The molecule has 18 heavy (non-hydrogen) atoms. The predicted molar refractivity (Wildman–Crippen MR) is 61.8 cm³/mol. The lowest BCUT2D eigenvalue weighted by molar-refractivity contribution is 0.102. The molecule has 7 heteroatoms. The largest absolute Gasteiger partial charge is 0.480 e. The van der Waals surface area contributed by atoms with Crippen molar-refractivity contribution in [2.45, 2.75) is 0 Å². The van der Waals surface area contributed by atoms with Gasteiger partial charge in [-0.2, -0.15) is 4.98 Å². The number of imidazole rings is 1. The first-order valence-electron chi connectivity index (χ1n) is 5.13. The van der Waals surface area contributed by atoms with E-state index in [0.717, 1.165) is 0 Å². The van der Waals surface area contributed by atoms with E-state index in [9.17, 15) is 4.79 Å². The van der Waals surface area contributed by atoms with Gasteiger partial charge in [-0.1, -0.05) is 0 Å². The number of carbonyl (C=O) groups is 1. The lowest BCUT2D eigenvalue weighted by atomic mass is 10.2. The molecule has 0 N–H and O–H groups in total. The molecule has 2 aromatic rings. The van der Waals surface area contributed by atoms with Crippen molar-refractivity contribution >= 4 is 5.78 Å². The molecule has 0 saturated carbocycles. The third-order valence-electron chi connectivity index (χ3n) is 2.27. The molecule has 2 heterocycles. The Balaban J connectivity index is 2.41. The summed E-state index contributed by atoms with van der Waals surface area (Å²) in [5, 5.41) is 0. The van der Waals surface area contributed by atoms with E-state index in [1.54, 1.807) is 17.8 Å². The minimum absolute atomic E-state index is 0.108. The summed E-state index contributed by atoms with van der Waals surface area (Å²) in [6.45, 7) is 0. The van der Waals surface area contributed by atoms with Gasteiger partial charge in [-0.3, -0.25) is 4.79 Å². The van der Waals surface area contributed by atoms with Crippen molar-refractivity contribution in [3.05, 3.63) is 30.1 Å². The monoisotopic (exact) mass is 248 g/mol. The van der Waals surface area contributed by atoms with E-state index in [2.05, 4.69) is 15.0 Å². The van der Waals surface area contributed by atoms with Gasteiger partial charge >= 0.3 is 0 Å². The van der Waals surface area contributed by atoms with Gasteiger partial charge in [-0.15, -0.1) is 0 Å². The number of rotatable bonds is 4. The fourth-order valence-corrected chi connectivity index (χ4v) is 1.40. The zero-order valence-corrected chi connectivity index (χ0v) is 10.2. The third kappa shape index (κ3) is 2.15. The molecule has 94 valence electrons. The maximum Gasteiger partial charge on any atom is 0.247 e. The van der Waals surface area contributed by atoms with E-state index >= 15 is 0 Å². The van der Waals surface area contributed by atoms with E-state index in [1.807, 2.05) is 0 Å². The highest BCUT2D eigenvalue weighted by atomic mass is 16.5. The number of nitrogens with zero attached hydrogens (tertiary/aromatic N) is 4. The van der Waals surface area contributed by atoms with Crippen LogP contribution in [0.15, 0.2) is 18.7 Å². The second-order valence-electron chi connectivity index (χ2n) is 3.52. The minimum Gasteiger partial charge on any atom is -0.480 e. The number of hydrogen-bond donors (Lipinski definition) is 0. The lowest BCUT2D eigenvalue weighted by Crippen LogP contribution is -2.09. The molecule has 0 fully saturated rings. The highest BCUT2D eigenvalue weighted by Crippen LogP contribution is 2.19. The number of carbonyl (C=O) groups excluding carboxylic acids is 1. The maximum absolute atomic E-state index is 12.1. The maximum atomic E-state index is 12.1. The summed E-state index contributed by atoms with van der Waals surface area (Å²) < 4.78 is 11.6. The molecule has 7 nitrogen and oxygen atoms in total. The van der Waals surface area contributed by atoms with Crippen LogP contribution in [0.4, 0.5) is 0 Å². The first kappa shape index (κ1) is 12.0. The van der Waals surface area contributed by atoms with Gasteiger partial charge in [0.05, 0.1) is 26.7 Å². The van der Waals surface area contributed by atoms with Crippen LogP contribution in [0.5, 0.6) is 11.8 Å². The Morgan fingerprint density at radius 1 is 1.28 bits per heavy atom. The first-order valence-corrected chi connectivity index (χ1v) is 5.13. The van der Waals surface area contributed by atoms with Crippen molar-refractivity contribution in [1.29, 1.82) is 0 Å². The average Bonchev–Trinajstić information content (AvgIpc) is 2.83. The Labute approximate surface area is 103 Å². The Bertz CT molecular complexity index is 579. The van der Waals surface area contributed by atoms with Gasteiger partial charge < -0.3 is 14.0 Å². The molecule has 0 atom stereocenters. The Morgan fingerprint density at radius 3 is 2.61 bits per heavy atom. The van der Waals surface area contributed by atoms with Crippen molar-refractivity contribution in [1.82, 2.24) is 19.5 Å². The molecule has 0 aromatic carbocycles. The van der Waals surface area contributed by atoms with E-state index < -0.39 is 0 Å². The zero-order chi connectivity index (χ0) is 13.1. The summed E-state index contributed by atoms with van der Waals surface area (Å²) in [5.41, 5.74) is 0.396. The number of aryl methyl sites for hydroxylation is 1. The second-order valence-corrected chi connectivity index (χ2v) is 3.52. The number of methoxy groups -OCH3 is 2. The van der Waals surface area contributed by atoms with Gasteiger partial charge in [0.2, 0.25) is 17.5 Å². The minimum atomic E-state index is -0.345. The molecule has 0 aliphatic carbocycles. The molecule has 2 rings (SSSR count). The first-order chi connectivity index (χ1) is 8.65. The Hall–Kier alpha value is -2.44. The summed E-state index contributed by atoms with van der Waals surface area (Å²) in [6, 6.07) is 0. The van der Waals surface area contributed by atoms with Crippen LogP contribution < -0.4 is 9.47 Å². The molecular formula is C11H12N4O3. The summed E-state index contributed by atoms with van der Waals surface area (Å²) in [5.74, 6) is 0.0528. The van der Waals surface area contributed by atoms with E-state index in [4.69, 9.17) is 9.47 Å². The van der Waals surface area contributed by atoms with Crippen LogP contribution in [0.25, 0.3) is 0 Å². The van der Waals surface area contributed by atoms with Crippen molar-refractivity contribution < 1.29 is 14.3 Å². The average molecular weight is 248 g/mol. The standard InChI is InChI=1S/C11H12N4O3/c1-15-5-7(13-6-15)10(16)9-11(18-3)14-8(17-2)4-12-9/h4-6H,1-3H3. The molecule has 0 amide bonds. The molecule has 0 aliphatic rings. The topological polar surface area (TPSA) is 79.1 Å². The van der Waals surface area contributed by atoms with Crippen molar-refractivity contribution in [3.8, 4) is 11.8 Å². The lowest BCUT2D eigenvalue weighted by Gasteiger charge is -2.05. The van der Waals surface area contributed by atoms with Gasteiger partial charge in [0, 0.05) is 13.2 Å². The van der Waals surface area contributed by atoms with Crippen molar-refractivity contribution in [2.24, 2.45) is 7.05 Å². The molecule has 2 aromatic heterocycles. The van der Waals surface area contributed by atoms with Crippen molar-refractivity contribution in [2.75, 3.05) is 14.2 Å². The quantitative estimate of drug-likeness (QED) is 0.731. The summed E-state index contributed by atoms with van der Waals surface area (Å²) in [4.78, 5) is 24.1. The van der Waals surface area contributed by atoms with Gasteiger partial charge in [0.1, 0.15) is 5.69 Å². The number of ketones is 1. The van der Waals surface area contributed by atoms with Crippen LogP contribution in [0.2, 0.25) is 0 Å². The van der Waals surface area contributed by atoms with E-state index in [-0.39, 0.29) is 28.9 Å². The zero-order valence-electron chi connectivity index (χ0n) is 10.2. The molecule has 0 saturated heterocycles. The number of aromatic nitrogens is 4. The van der Waals surface area contributed by atoms with E-state index in [0.29, 0.717) is 0 Å². The number of hydrogen-bond acceptors (Lipinski definition) is 6. The molecular weight excluding hydrogens is 236 g/mol. The highest BCUT2D eigenvalue weighted by Gasteiger charge is 2.20. The highest BCUT2D eigenvalue weighted by molar-refractivity contribution is 6.07. The summed E-state index contributed by atoms with van der Waals surface area (Å²) >= 11 is 0. The van der Waals surface area contributed by atoms with Gasteiger partial charge in [-0.05, 0) is 0 Å². The molecule has 0 spiro atoms. The van der Waals surface area contributed by atoms with E-state index in [1.165, 1.54) is 26.7 Å². The fourth-order valence-electron chi connectivity index (χ4n) is 1.40. The van der Waals surface area contributed by atoms with Crippen LogP contribution in [0.1, 0.15) is 16.2 Å². The fraction of sp³-hybridized carbons (Fsp3) is 0.273. The van der Waals surface area contributed by atoms with Crippen LogP contribution in [0.3, 0.4) is 0 Å². The molecule has 0 bridgehead atoms. The van der Waals surface area contributed by atoms with Crippen LogP contribution in [-0.2, 0) is 7.05 Å². The third-order valence-corrected chi connectivity index (χ3v) is 2.27. The summed E-state index contributed by atoms with van der Waals surface area (Å²) in [7, 11) is 4.66. The van der Waals surface area contributed by atoms with Crippen LogP contribution in [-0.4, -0.2) is 39.5 Å². The van der Waals surface area contributed by atoms with Crippen LogP contribution >= 0.6 is 0 Å². The van der Waals surface area contributed by atoms with Gasteiger partial charge in [0.25, 0.3) is 0 Å². The second kappa shape index (κ2) is 4.82. The van der Waals surface area contributed by atoms with Crippen molar-refractivity contribution in [3.63, 3.8) is 0 Å². The van der Waals surface area contributed by atoms with Gasteiger partial charge in [-0.25, -0.2) is 9.97 Å². The Morgan fingerprint density at radius 2 is 2.06 bits per heavy atom.